The first-order chi connectivity index (χ1) is 6.15. The minimum absolute atomic E-state index is 0.116. The van der Waals surface area contributed by atoms with Crippen molar-refractivity contribution < 1.29 is 19.0 Å². The Kier molecular flexibility index (Phi) is 3.33. The fraction of sp³-hybridized carbons (Fsp3) is 0.333. The Labute approximate surface area is 74.4 Å². The summed E-state index contributed by atoms with van der Waals surface area (Å²) in [6.07, 6.45) is -0.828. The van der Waals surface area contributed by atoms with Crippen LogP contribution in [-0.4, -0.2) is 16.8 Å². The van der Waals surface area contributed by atoms with E-state index in [4.69, 9.17) is 5.11 Å². The average Bonchev–Trinajstić information content (AvgIpc) is 2.10. The smallest absolute Gasteiger partial charge is 0.159 e. The number of hydrogen-bond acceptors (Lipinski definition) is 2. The normalized spacial score (nSPS) is 12.9. The Bertz CT molecular complexity index is 289. The van der Waals surface area contributed by atoms with Gasteiger partial charge in [-0.05, 0) is 17.7 Å². The van der Waals surface area contributed by atoms with Gasteiger partial charge in [-0.2, -0.15) is 0 Å². The van der Waals surface area contributed by atoms with Gasteiger partial charge in [-0.3, -0.25) is 0 Å². The lowest BCUT2D eigenvalue weighted by Crippen LogP contribution is -2.01. The second-order valence-corrected chi connectivity index (χ2v) is 2.70. The molecule has 0 heterocycles. The molecular weight excluding hydrogens is 178 g/mol. The Balaban J connectivity index is 2.84. The van der Waals surface area contributed by atoms with Gasteiger partial charge in [0.2, 0.25) is 0 Å². The summed E-state index contributed by atoms with van der Waals surface area (Å²) in [5.74, 6) is -1.94. The van der Waals surface area contributed by atoms with Crippen molar-refractivity contribution in [2.75, 3.05) is 6.61 Å². The number of aliphatic hydroxyl groups excluding tert-OH is 2. The zero-order valence-electron chi connectivity index (χ0n) is 6.87. The molecule has 13 heavy (non-hydrogen) atoms. The SMILES string of the molecule is OCC[C@H](O)c1ccc(F)c(F)c1. The van der Waals surface area contributed by atoms with Crippen molar-refractivity contribution in [1.29, 1.82) is 0 Å². The first-order valence-corrected chi connectivity index (χ1v) is 3.89. The van der Waals surface area contributed by atoms with E-state index in [2.05, 4.69) is 0 Å². The van der Waals surface area contributed by atoms with Crippen molar-refractivity contribution in [3.8, 4) is 0 Å². The van der Waals surface area contributed by atoms with E-state index in [0.29, 0.717) is 0 Å². The van der Waals surface area contributed by atoms with E-state index in [0.717, 1.165) is 12.1 Å². The van der Waals surface area contributed by atoms with Crippen LogP contribution in [0.5, 0.6) is 0 Å². The maximum Gasteiger partial charge on any atom is 0.159 e. The predicted octanol–water partition coefficient (Wildman–Crippen LogP) is 1.38. The zero-order chi connectivity index (χ0) is 9.84. The van der Waals surface area contributed by atoms with Crippen molar-refractivity contribution in [1.82, 2.24) is 0 Å². The molecule has 0 aliphatic rings. The molecule has 1 aromatic rings. The lowest BCUT2D eigenvalue weighted by atomic mass is 10.1. The summed E-state index contributed by atoms with van der Waals surface area (Å²) in [5.41, 5.74) is 0.271. The highest BCUT2D eigenvalue weighted by Gasteiger charge is 2.09. The van der Waals surface area contributed by atoms with E-state index in [-0.39, 0.29) is 18.6 Å². The molecule has 1 rings (SSSR count). The third-order valence-corrected chi connectivity index (χ3v) is 1.73. The van der Waals surface area contributed by atoms with Crippen LogP contribution < -0.4 is 0 Å². The van der Waals surface area contributed by atoms with E-state index >= 15 is 0 Å². The molecule has 2 N–H and O–H groups in total. The largest absolute Gasteiger partial charge is 0.396 e. The second-order valence-electron chi connectivity index (χ2n) is 2.70. The highest BCUT2D eigenvalue weighted by Crippen LogP contribution is 2.18. The van der Waals surface area contributed by atoms with Crippen LogP contribution in [0, 0.1) is 11.6 Å². The average molecular weight is 188 g/mol. The van der Waals surface area contributed by atoms with Gasteiger partial charge in [0.25, 0.3) is 0 Å². The number of aliphatic hydroxyl groups is 2. The van der Waals surface area contributed by atoms with Gasteiger partial charge in [-0.25, -0.2) is 8.78 Å². The molecule has 0 saturated carbocycles. The summed E-state index contributed by atoms with van der Waals surface area (Å²) >= 11 is 0. The molecule has 0 unspecified atom stereocenters. The van der Waals surface area contributed by atoms with Gasteiger partial charge in [0, 0.05) is 13.0 Å². The van der Waals surface area contributed by atoms with E-state index in [1.54, 1.807) is 0 Å². The van der Waals surface area contributed by atoms with Crippen molar-refractivity contribution >= 4 is 0 Å². The maximum atomic E-state index is 12.6. The summed E-state index contributed by atoms with van der Waals surface area (Å²) in [5, 5.41) is 17.8. The molecule has 0 radical (unpaired) electrons. The lowest BCUT2D eigenvalue weighted by Gasteiger charge is -2.08. The number of hydrogen-bond donors (Lipinski definition) is 2. The molecule has 1 atom stereocenters. The van der Waals surface area contributed by atoms with Crippen LogP contribution in [0.3, 0.4) is 0 Å². The summed E-state index contributed by atoms with van der Waals surface area (Å²) in [6.45, 7) is -0.194. The molecular formula is C9H10F2O2. The van der Waals surface area contributed by atoms with E-state index in [1.165, 1.54) is 6.07 Å². The van der Waals surface area contributed by atoms with Gasteiger partial charge < -0.3 is 10.2 Å². The summed E-state index contributed by atoms with van der Waals surface area (Å²) < 4.78 is 25.1. The van der Waals surface area contributed by atoms with Crippen LogP contribution in [0.1, 0.15) is 18.1 Å². The molecule has 0 fully saturated rings. The molecule has 4 heteroatoms. The van der Waals surface area contributed by atoms with Crippen LogP contribution in [0.15, 0.2) is 18.2 Å². The van der Waals surface area contributed by atoms with Gasteiger partial charge in [0.15, 0.2) is 11.6 Å². The van der Waals surface area contributed by atoms with Gasteiger partial charge >= 0.3 is 0 Å². The number of rotatable bonds is 3. The first-order valence-electron chi connectivity index (χ1n) is 3.89. The highest BCUT2D eigenvalue weighted by atomic mass is 19.2. The van der Waals surface area contributed by atoms with E-state index in [9.17, 15) is 13.9 Å². The minimum atomic E-state index is -0.991. The van der Waals surface area contributed by atoms with Crippen molar-refractivity contribution in [3.63, 3.8) is 0 Å². The Hall–Kier alpha value is -1.00. The Morgan fingerprint density at radius 1 is 1.23 bits per heavy atom. The Morgan fingerprint density at radius 3 is 2.46 bits per heavy atom. The molecule has 0 aliphatic carbocycles. The summed E-state index contributed by atoms with van der Waals surface area (Å²) in [6, 6.07) is 3.17. The third-order valence-electron chi connectivity index (χ3n) is 1.73. The molecule has 72 valence electrons. The van der Waals surface area contributed by atoms with Gasteiger partial charge in [0.1, 0.15) is 0 Å². The van der Waals surface area contributed by atoms with Crippen molar-refractivity contribution in [3.05, 3.63) is 35.4 Å². The molecule has 0 bridgehead atoms. The standard InChI is InChI=1S/C9H10F2O2/c10-7-2-1-6(5-8(7)11)9(13)3-4-12/h1-2,5,9,12-13H,3-4H2/t9-/m0/s1. The minimum Gasteiger partial charge on any atom is -0.396 e. The predicted molar refractivity (Wildman–Crippen MR) is 43.0 cm³/mol. The topological polar surface area (TPSA) is 40.5 Å². The number of halogens is 2. The molecule has 0 spiro atoms. The fourth-order valence-electron chi connectivity index (χ4n) is 1.01. The molecule has 0 aromatic heterocycles. The van der Waals surface area contributed by atoms with Crippen molar-refractivity contribution in [2.24, 2.45) is 0 Å². The summed E-state index contributed by atoms with van der Waals surface area (Å²) in [4.78, 5) is 0. The number of benzene rings is 1. The Morgan fingerprint density at radius 2 is 1.92 bits per heavy atom. The van der Waals surface area contributed by atoms with Gasteiger partial charge in [-0.15, -0.1) is 0 Å². The van der Waals surface area contributed by atoms with Crippen LogP contribution >= 0.6 is 0 Å². The highest BCUT2D eigenvalue weighted by molar-refractivity contribution is 5.19. The monoisotopic (exact) mass is 188 g/mol. The fourth-order valence-corrected chi connectivity index (χ4v) is 1.01. The third kappa shape index (κ3) is 2.47. The van der Waals surface area contributed by atoms with Crippen LogP contribution in [0.4, 0.5) is 8.78 Å². The molecule has 0 amide bonds. The quantitative estimate of drug-likeness (QED) is 0.752. The lowest BCUT2D eigenvalue weighted by molar-refractivity contribution is 0.134. The maximum absolute atomic E-state index is 12.6. The van der Waals surface area contributed by atoms with E-state index < -0.39 is 17.7 Å². The van der Waals surface area contributed by atoms with Crippen LogP contribution in [-0.2, 0) is 0 Å². The second kappa shape index (κ2) is 4.30. The molecule has 0 saturated heterocycles. The zero-order valence-corrected chi connectivity index (χ0v) is 6.87. The first kappa shape index (κ1) is 10.1. The van der Waals surface area contributed by atoms with Crippen molar-refractivity contribution in [2.45, 2.75) is 12.5 Å². The molecule has 2 nitrogen and oxygen atoms in total. The van der Waals surface area contributed by atoms with E-state index in [1.807, 2.05) is 0 Å². The molecule has 0 aliphatic heterocycles. The van der Waals surface area contributed by atoms with Gasteiger partial charge in [-0.1, -0.05) is 6.07 Å². The van der Waals surface area contributed by atoms with Crippen LogP contribution in [0.2, 0.25) is 0 Å². The molecule has 1 aromatic carbocycles. The van der Waals surface area contributed by atoms with Crippen LogP contribution in [0.25, 0.3) is 0 Å². The summed E-state index contributed by atoms with van der Waals surface area (Å²) in [7, 11) is 0. The van der Waals surface area contributed by atoms with Gasteiger partial charge in [0.05, 0.1) is 6.10 Å².